The van der Waals surface area contributed by atoms with Crippen LogP contribution in [0.25, 0.3) is 5.76 Å². The largest absolute Gasteiger partial charge is 0.507 e. The first-order valence-electron chi connectivity index (χ1n) is 8.14. The average Bonchev–Trinajstić information content (AvgIpc) is 3.01. The SMILES string of the molecule is COc1ccc(C(O)=C2C(=O)C(=O)N[C@H]2c2ccc(OC)c(OC)c2)cc1. The first-order valence-corrected chi connectivity index (χ1v) is 8.14. The molecule has 0 saturated carbocycles. The molecule has 1 amide bonds. The summed E-state index contributed by atoms with van der Waals surface area (Å²) in [5, 5.41) is 13.3. The Bertz CT molecular complexity index is 917. The standard InChI is InChI=1S/C20H19NO6/c1-25-13-7-4-11(5-8-13)18(22)16-17(21-20(24)19(16)23)12-6-9-14(26-2)15(10-12)27-3/h4-10,17,22H,1-3H3,(H,21,24)/t17-/m0/s1. The zero-order valence-electron chi connectivity index (χ0n) is 15.1. The molecule has 140 valence electrons. The number of methoxy groups -OCH3 is 3. The molecule has 2 aromatic carbocycles. The van der Waals surface area contributed by atoms with E-state index in [1.54, 1.807) is 42.5 Å². The van der Waals surface area contributed by atoms with Crippen molar-refractivity contribution < 1.29 is 28.9 Å². The molecule has 1 atom stereocenters. The van der Waals surface area contributed by atoms with E-state index >= 15 is 0 Å². The molecule has 1 fully saturated rings. The quantitative estimate of drug-likeness (QED) is 0.478. The lowest BCUT2D eigenvalue weighted by atomic mass is 9.95. The third kappa shape index (κ3) is 3.31. The summed E-state index contributed by atoms with van der Waals surface area (Å²) in [5.41, 5.74) is 0.973. The van der Waals surface area contributed by atoms with Crippen molar-refractivity contribution in [3.8, 4) is 17.2 Å². The maximum Gasteiger partial charge on any atom is 0.293 e. The van der Waals surface area contributed by atoms with Crippen LogP contribution in [0.1, 0.15) is 17.2 Å². The molecular formula is C20H19NO6. The second-order valence-electron chi connectivity index (χ2n) is 5.84. The molecule has 0 spiro atoms. The van der Waals surface area contributed by atoms with Crippen LogP contribution in [0.4, 0.5) is 0 Å². The number of ether oxygens (including phenoxy) is 3. The van der Waals surface area contributed by atoms with Gasteiger partial charge in [-0.2, -0.15) is 0 Å². The second-order valence-corrected chi connectivity index (χ2v) is 5.84. The number of carbonyl (C=O) groups excluding carboxylic acids is 2. The maximum atomic E-state index is 12.4. The molecule has 2 N–H and O–H groups in total. The molecule has 1 aliphatic rings. The summed E-state index contributed by atoms with van der Waals surface area (Å²) in [5.74, 6) is -0.234. The van der Waals surface area contributed by atoms with Crippen LogP contribution in [0, 0.1) is 0 Å². The maximum absolute atomic E-state index is 12.4. The van der Waals surface area contributed by atoms with Gasteiger partial charge in [-0.05, 0) is 42.0 Å². The van der Waals surface area contributed by atoms with Crippen molar-refractivity contribution in [3.05, 3.63) is 59.2 Å². The summed E-state index contributed by atoms with van der Waals surface area (Å²) < 4.78 is 15.6. The predicted molar refractivity (Wildman–Crippen MR) is 98.0 cm³/mol. The van der Waals surface area contributed by atoms with E-state index in [9.17, 15) is 14.7 Å². The van der Waals surface area contributed by atoms with Gasteiger partial charge in [0.15, 0.2) is 11.5 Å². The first-order chi connectivity index (χ1) is 13.0. The number of ketones is 1. The number of rotatable bonds is 5. The number of Topliss-reactive ketones (excluding diaryl/α,β-unsaturated/α-hetero) is 1. The molecule has 1 heterocycles. The minimum Gasteiger partial charge on any atom is -0.507 e. The summed E-state index contributed by atoms with van der Waals surface area (Å²) in [6.45, 7) is 0. The minimum absolute atomic E-state index is 0.0163. The van der Waals surface area contributed by atoms with Crippen molar-refractivity contribution in [1.82, 2.24) is 5.32 Å². The number of hydrogen-bond acceptors (Lipinski definition) is 6. The van der Waals surface area contributed by atoms with Gasteiger partial charge in [0.2, 0.25) is 0 Å². The third-order valence-corrected chi connectivity index (χ3v) is 4.37. The topological polar surface area (TPSA) is 94.1 Å². The summed E-state index contributed by atoms with van der Waals surface area (Å²) in [6, 6.07) is 10.8. The van der Waals surface area contributed by atoms with Crippen molar-refractivity contribution in [2.75, 3.05) is 21.3 Å². The molecule has 7 nitrogen and oxygen atoms in total. The van der Waals surface area contributed by atoms with Crippen LogP contribution in [0.5, 0.6) is 17.2 Å². The monoisotopic (exact) mass is 369 g/mol. The van der Waals surface area contributed by atoms with E-state index in [1.165, 1.54) is 21.3 Å². The summed E-state index contributed by atoms with van der Waals surface area (Å²) in [7, 11) is 4.54. The zero-order valence-corrected chi connectivity index (χ0v) is 15.1. The highest BCUT2D eigenvalue weighted by molar-refractivity contribution is 6.46. The molecule has 0 bridgehead atoms. The van der Waals surface area contributed by atoms with E-state index < -0.39 is 17.7 Å². The Kier molecular flexibility index (Phi) is 5.03. The second kappa shape index (κ2) is 7.41. The van der Waals surface area contributed by atoms with Gasteiger partial charge in [0.05, 0.1) is 32.9 Å². The molecule has 7 heteroatoms. The number of amides is 1. The van der Waals surface area contributed by atoms with E-state index in [0.29, 0.717) is 28.4 Å². The van der Waals surface area contributed by atoms with Gasteiger partial charge in [-0.15, -0.1) is 0 Å². The van der Waals surface area contributed by atoms with Gasteiger partial charge in [-0.1, -0.05) is 6.07 Å². The lowest BCUT2D eigenvalue weighted by Gasteiger charge is -2.16. The summed E-state index contributed by atoms with van der Waals surface area (Å²) in [6.07, 6.45) is 0. The van der Waals surface area contributed by atoms with E-state index in [1.807, 2.05) is 0 Å². The van der Waals surface area contributed by atoms with Crippen LogP contribution in [0.2, 0.25) is 0 Å². The van der Waals surface area contributed by atoms with Gasteiger partial charge in [0, 0.05) is 5.56 Å². The van der Waals surface area contributed by atoms with Crippen molar-refractivity contribution in [3.63, 3.8) is 0 Å². The van der Waals surface area contributed by atoms with Gasteiger partial charge in [-0.25, -0.2) is 0 Å². The minimum atomic E-state index is -0.799. The van der Waals surface area contributed by atoms with Crippen molar-refractivity contribution >= 4 is 17.4 Å². The molecule has 0 aromatic heterocycles. The average molecular weight is 369 g/mol. The van der Waals surface area contributed by atoms with Crippen molar-refractivity contribution in [1.29, 1.82) is 0 Å². The fourth-order valence-electron chi connectivity index (χ4n) is 2.95. The number of carbonyl (C=O) groups is 2. The number of aliphatic hydroxyl groups is 1. The van der Waals surface area contributed by atoms with Gasteiger partial charge in [0.1, 0.15) is 11.5 Å². The predicted octanol–water partition coefficient (Wildman–Crippen LogP) is 2.42. The third-order valence-electron chi connectivity index (χ3n) is 4.37. The van der Waals surface area contributed by atoms with Crippen LogP contribution in [-0.4, -0.2) is 38.1 Å². The Morgan fingerprint density at radius 3 is 2.19 bits per heavy atom. The van der Waals surface area contributed by atoms with E-state index in [-0.39, 0.29) is 11.3 Å². The molecule has 0 aliphatic carbocycles. The van der Waals surface area contributed by atoms with Gasteiger partial charge >= 0.3 is 0 Å². The molecule has 1 aliphatic heterocycles. The molecule has 3 rings (SSSR count). The lowest BCUT2D eigenvalue weighted by Crippen LogP contribution is -2.21. The molecule has 1 saturated heterocycles. The van der Waals surface area contributed by atoms with Crippen LogP contribution >= 0.6 is 0 Å². The van der Waals surface area contributed by atoms with Crippen LogP contribution < -0.4 is 19.5 Å². The Morgan fingerprint density at radius 2 is 1.59 bits per heavy atom. The summed E-state index contributed by atoms with van der Waals surface area (Å²) >= 11 is 0. The number of benzene rings is 2. The Morgan fingerprint density at radius 1 is 0.926 bits per heavy atom. The zero-order chi connectivity index (χ0) is 19.6. The number of aliphatic hydroxyl groups excluding tert-OH is 1. The normalized spacial score (nSPS) is 18.1. The number of nitrogens with one attached hydrogen (secondary N) is 1. The van der Waals surface area contributed by atoms with Crippen LogP contribution in [0.15, 0.2) is 48.0 Å². The lowest BCUT2D eigenvalue weighted by molar-refractivity contribution is -0.133. The molecule has 0 radical (unpaired) electrons. The van der Waals surface area contributed by atoms with Gasteiger partial charge < -0.3 is 24.6 Å². The van der Waals surface area contributed by atoms with Crippen molar-refractivity contribution in [2.24, 2.45) is 0 Å². The van der Waals surface area contributed by atoms with Crippen LogP contribution in [-0.2, 0) is 9.59 Å². The van der Waals surface area contributed by atoms with E-state index in [2.05, 4.69) is 5.32 Å². The van der Waals surface area contributed by atoms with Crippen LogP contribution in [0.3, 0.4) is 0 Å². The highest BCUT2D eigenvalue weighted by Gasteiger charge is 2.39. The molecule has 0 unspecified atom stereocenters. The first kappa shape index (κ1) is 18.3. The smallest absolute Gasteiger partial charge is 0.293 e. The fraction of sp³-hybridized carbons (Fsp3) is 0.200. The molecular weight excluding hydrogens is 350 g/mol. The Balaban J connectivity index is 2.08. The Labute approximate surface area is 156 Å². The highest BCUT2D eigenvalue weighted by atomic mass is 16.5. The van der Waals surface area contributed by atoms with Gasteiger partial charge in [0.25, 0.3) is 11.7 Å². The summed E-state index contributed by atoms with van der Waals surface area (Å²) in [4.78, 5) is 24.4. The molecule has 2 aromatic rings. The van der Waals surface area contributed by atoms with E-state index in [0.717, 1.165) is 0 Å². The fourth-order valence-corrected chi connectivity index (χ4v) is 2.95. The molecule has 27 heavy (non-hydrogen) atoms. The Hall–Kier alpha value is -3.48. The van der Waals surface area contributed by atoms with Gasteiger partial charge in [-0.3, -0.25) is 9.59 Å². The van der Waals surface area contributed by atoms with E-state index in [4.69, 9.17) is 14.2 Å². The highest BCUT2D eigenvalue weighted by Crippen LogP contribution is 2.37. The van der Waals surface area contributed by atoms with Crippen molar-refractivity contribution in [2.45, 2.75) is 6.04 Å². The number of hydrogen-bond donors (Lipinski definition) is 2.